The molecule has 30 heavy (non-hydrogen) atoms. The fraction of sp³-hybridized carbons (Fsp3) is 0.550. The number of nitrogens with zero attached hydrogens (tertiary/aromatic N) is 6. The molecule has 1 N–H and O–H groups in total. The van der Waals surface area contributed by atoms with Crippen LogP contribution in [0.4, 0.5) is 0 Å². The standard InChI is InChI=1S/C20H29N7O3/c1-30-13-5-8-21-19(28)15-25-9-11-26(12-10-25)20(29)18(27-16-22-23-24-27)14-17-6-3-2-4-7-17/h2-4,6-7,16,18H,5,8-15H2,1H3,(H,21,28). The maximum absolute atomic E-state index is 13.2. The Bertz CT molecular complexity index is 777. The lowest BCUT2D eigenvalue weighted by atomic mass is 10.0. The third-order valence-corrected chi connectivity index (χ3v) is 5.14. The zero-order valence-electron chi connectivity index (χ0n) is 17.3. The van der Waals surface area contributed by atoms with Crippen LogP contribution in [-0.2, 0) is 20.7 Å². The Morgan fingerprint density at radius 2 is 1.93 bits per heavy atom. The molecule has 3 rings (SSSR count). The highest BCUT2D eigenvalue weighted by Gasteiger charge is 2.30. The van der Waals surface area contributed by atoms with E-state index in [0.29, 0.717) is 52.3 Å². The number of rotatable bonds is 10. The van der Waals surface area contributed by atoms with Gasteiger partial charge in [0.05, 0.1) is 6.54 Å². The van der Waals surface area contributed by atoms with Gasteiger partial charge in [-0.25, -0.2) is 4.68 Å². The van der Waals surface area contributed by atoms with Crippen molar-refractivity contribution in [3.63, 3.8) is 0 Å². The molecular formula is C20H29N7O3. The van der Waals surface area contributed by atoms with Crippen molar-refractivity contribution in [2.24, 2.45) is 0 Å². The lowest BCUT2D eigenvalue weighted by molar-refractivity contribution is -0.137. The first kappa shape index (κ1) is 21.8. The zero-order valence-corrected chi connectivity index (χ0v) is 17.3. The van der Waals surface area contributed by atoms with Crippen molar-refractivity contribution in [1.82, 2.24) is 35.3 Å². The Hall–Kier alpha value is -2.85. The van der Waals surface area contributed by atoms with Gasteiger partial charge in [0.25, 0.3) is 0 Å². The van der Waals surface area contributed by atoms with Gasteiger partial charge in [0.1, 0.15) is 12.4 Å². The Labute approximate surface area is 176 Å². The van der Waals surface area contributed by atoms with Gasteiger partial charge < -0.3 is 15.0 Å². The number of hydrogen-bond donors (Lipinski definition) is 1. The maximum atomic E-state index is 13.2. The van der Waals surface area contributed by atoms with E-state index in [2.05, 4.69) is 25.7 Å². The maximum Gasteiger partial charge on any atom is 0.248 e. The average molecular weight is 415 g/mol. The van der Waals surface area contributed by atoms with Gasteiger partial charge in [-0.15, -0.1) is 5.10 Å². The Balaban J connectivity index is 1.51. The van der Waals surface area contributed by atoms with E-state index < -0.39 is 6.04 Å². The second-order valence-corrected chi connectivity index (χ2v) is 7.29. The molecule has 2 heterocycles. The first-order chi connectivity index (χ1) is 14.7. The lowest BCUT2D eigenvalue weighted by Crippen LogP contribution is -2.52. The predicted octanol–water partition coefficient (Wildman–Crippen LogP) is -0.246. The third-order valence-electron chi connectivity index (χ3n) is 5.14. The van der Waals surface area contributed by atoms with Crippen molar-refractivity contribution in [2.75, 3.05) is 53.0 Å². The summed E-state index contributed by atoms with van der Waals surface area (Å²) in [6.45, 7) is 4.04. The molecule has 1 atom stereocenters. The number of nitrogens with one attached hydrogen (secondary N) is 1. The van der Waals surface area contributed by atoms with E-state index in [1.165, 1.54) is 11.0 Å². The molecule has 1 unspecified atom stereocenters. The van der Waals surface area contributed by atoms with Crippen LogP contribution in [0.1, 0.15) is 18.0 Å². The summed E-state index contributed by atoms with van der Waals surface area (Å²) in [5, 5.41) is 14.2. The molecule has 10 heteroatoms. The summed E-state index contributed by atoms with van der Waals surface area (Å²) in [5.74, 6) is -0.00339. The summed E-state index contributed by atoms with van der Waals surface area (Å²) in [6, 6.07) is 9.36. The number of tetrazole rings is 1. The number of benzene rings is 1. The molecule has 1 aliphatic rings. The minimum absolute atomic E-state index is 0.00141. The van der Waals surface area contributed by atoms with E-state index in [1.54, 1.807) is 7.11 Å². The molecule has 1 fully saturated rings. The van der Waals surface area contributed by atoms with Gasteiger partial charge in [0.15, 0.2) is 0 Å². The van der Waals surface area contributed by atoms with Gasteiger partial charge in [0, 0.05) is 52.9 Å². The van der Waals surface area contributed by atoms with Crippen molar-refractivity contribution < 1.29 is 14.3 Å². The van der Waals surface area contributed by atoms with Crippen molar-refractivity contribution >= 4 is 11.8 Å². The number of ether oxygens (including phenoxy) is 1. The zero-order chi connectivity index (χ0) is 21.2. The molecule has 2 amide bonds. The predicted molar refractivity (Wildman–Crippen MR) is 110 cm³/mol. The molecule has 1 aromatic carbocycles. The third kappa shape index (κ3) is 6.33. The molecule has 0 saturated carbocycles. The van der Waals surface area contributed by atoms with Crippen LogP contribution in [0, 0.1) is 0 Å². The molecule has 0 bridgehead atoms. The van der Waals surface area contributed by atoms with Crippen LogP contribution in [-0.4, -0.2) is 94.8 Å². The number of methoxy groups -OCH3 is 1. The minimum Gasteiger partial charge on any atom is -0.385 e. The largest absolute Gasteiger partial charge is 0.385 e. The molecule has 10 nitrogen and oxygen atoms in total. The molecule has 162 valence electrons. The summed E-state index contributed by atoms with van der Waals surface area (Å²) in [5.41, 5.74) is 1.05. The summed E-state index contributed by atoms with van der Waals surface area (Å²) in [7, 11) is 1.65. The number of amides is 2. The van der Waals surface area contributed by atoms with E-state index in [9.17, 15) is 9.59 Å². The van der Waals surface area contributed by atoms with Gasteiger partial charge in [0.2, 0.25) is 11.8 Å². The molecule has 0 aliphatic carbocycles. The van der Waals surface area contributed by atoms with E-state index in [4.69, 9.17) is 4.74 Å². The highest BCUT2D eigenvalue weighted by molar-refractivity contribution is 5.81. The van der Waals surface area contributed by atoms with Crippen LogP contribution in [0.2, 0.25) is 0 Å². The topological polar surface area (TPSA) is 105 Å². The summed E-state index contributed by atoms with van der Waals surface area (Å²) >= 11 is 0. The Kier molecular flexibility index (Phi) is 8.28. The highest BCUT2D eigenvalue weighted by Crippen LogP contribution is 2.17. The van der Waals surface area contributed by atoms with Gasteiger partial charge in [-0.3, -0.25) is 14.5 Å². The molecule has 1 saturated heterocycles. The monoisotopic (exact) mass is 415 g/mol. The second-order valence-electron chi connectivity index (χ2n) is 7.29. The lowest BCUT2D eigenvalue weighted by Gasteiger charge is -2.36. The van der Waals surface area contributed by atoms with Crippen molar-refractivity contribution in [1.29, 1.82) is 0 Å². The number of aromatic nitrogens is 4. The summed E-state index contributed by atoms with van der Waals surface area (Å²) in [4.78, 5) is 29.2. The molecule has 2 aromatic rings. The number of piperazine rings is 1. The first-order valence-electron chi connectivity index (χ1n) is 10.2. The van der Waals surface area contributed by atoms with Crippen LogP contribution < -0.4 is 5.32 Å². The molecule has 0 spiro atoms. The Morgan fingerprint density at radius 1 is 1.17 bits per heavy atom. The van der Waals surface area contributed by atoms with Crippen LogP contribution in [0.15, 0.2) is 36.7 Å². The van der Waals surface area contributed by atoms with Crippen molar-refractivity contribution in [2.45, 2.75) is 18.9 Å². The van der Waals surface area contributed by atoms with Gasteiger partial charge in [-0.05, 0) is 22.4 Å². The number of carbonyl (C=O) groups excluding carboxylic acids is 2. The van der Waals surface area contributed by atoms with Crippen molar-refractivity contribution in [3.8, 4) is 0 Å². The SMILES string of the molecule is COCCCNC(=O)CN1CCN(C(=O)C(Cc2ccccc2)n2cnnn2)CC1. The van der Waals surface area contributed by atoms with Gasteiger partial charge in [-0.2, -0.15) is 0 Å². The number of carbonyl (C=O) groups is 2. The average Bonchev–Trinajstić information content (AvgIpc) is 3.30. The van der Waals surface area contributed by atoms with E-state index in [0.717, 1.165) is 12.0 Å². The second kappa shape index (κ2) is 11.4. The van der Waals surface area contributed by atoms with Crippen LogP contribution in [0.25, 0.3) is 0 Å². The highest BCUT2D eigenvalue weighted by atomic mass is 16.5. The first-order valence-corrected chi connectivity index (χ1v) is 10.2. The quantitative estimate of drug-likeness (QED) is 0.534. The number of hydrogen-bond acceptors (Lipinski definition) is 7. The fourth-order valence-corrected chi connectivity index (χ4v) is 3.48. The van der Waals surface area contributed by atoms with Crippen LogP contribution in [0.3, 0.4) is 0 Å². The Morgan fingerprint density at radius 3 is 2.60 bits per heavy atom. The molecule has 0 radical (unpaired) electrons. The molecule has 1 aromatic heterocycles. The van der Waals surface area contributed by atoms with E-state index >= 15 is 0 Å². The normalized spacial score (nSPS) is 15.7. The van der Waals surface area contributed by atoms with E-state index in [-0.39, 0.29) is 11.8 Å². The van der Waals surface area contributed by atoms with Crippen LogP contribution in [0.5, 0.6) is 0 Å². The van der Waals surface area contributed by atoms with Crippen molar-refractivity contribution in [3.05, 3.63) is 42.2 Å². The van der Waals surface area contributed by atoms with Gasteiger partial charge in [-0.1, -0.05) is 30.3 Å². The summed E-state index contributed by atoms with van der Waals surface area (Å²) < 4.78 is 6.50. The minimum atomic E-state index is -0.488. The molecular weight excluding hydrogens is 386 g/mol. The van der Waals surface area contributed by atoms with E-state index in [1.807, 2.05) is 35.2 Å². The smallest absolute Gasteiger partial charge is 0.248 e. The van der Waals surface area contributed by atoms with Gasteiger partial charge >= 0.3 is 0 Å². The fourth-order valence-electron chi connectivity index (χ4n) is 3.48. The van der Waals surface area contributed by atoms with Crippen LogP contribution >= 0.6 is 0 Å². The summed E-state index contributed by atoms with van der Waals surface area (Å²) in [6.07, 6.45) is 2.80. The molecule has 1 aliphatic heterocycles.